The first kappa shape index (κ1) is 17.8. The molecular formula is C19H37N. The number of hydrogen-bond donors (Lipinski definition) is 1. The Bertz CT molecular complexity index is 258. The van der Waals surface area contributed by atoms with Crippen LogP contribution in [0.2, 0.25) is 0 Å². The molecule has 0 amide bonds. The third-order valence-electron chi connectivity index (χ3n) is 5.21. The summed E-state index contributed by atoms with van der Waals surface area (Å²) in [6, 6.07) is 0. The summed E-state index contributed by atoms with van der Waals surface area (Å²) in [6.07, 6.45) is 17.1. The average molecular weight is 280 g/mol. The fraction of sp³-hybridized carbons (Fsp3) is 0.895. The monoisotopic (exact) mass is 279 g/mol. The van der Waals surface area contributed by atoms with Crippen molar-refractivity contribution in [2.24, 2.45) is 29.4 Å². The van der Waals surface area contributed by atoms with Crippen molar-refractivity contribution in [2.45, 2.75) is 78.6 Å². The van der Waals surface area contributed by atoms with Crippen LogP contribution in [0.25, 0.3) is 0 Å². The second kappa shape index (κ2) is 10.4. The molecule has 0 radical (unpaired) electrons. The molecule has 1 aliphatic carbocycles. The molecule has 1 rings (SSSR count). The van der Waals surface area contributed by atoms with Crippen LogP contribution in [-0.4, -0.2) is 6.54 Å². The number of allylic oxidation sites excluding steroid dienone is 2. The summed E-state index contributed by atoms with van der Waals surface area (Å²) in [5.41, 5.74) is 5.79. The standard InChI is InChI=1S/C19H37N/c1-4-7-11-18-16(9-5-2)13-14-17(10-6-3)19(18)12-8-15-20/h7,11,16-19H,4-6,8-10,12-15,20H2,1-3H3. The Balaban J connectivity index is 2.82. The van der Waals surface area contributed by atoms with Crippen LogP contribution in [0.4, 0.5) is 0 Å². The highest BCUT2D eigenvalue weighted by molar-refractivity contribution is 4.99. The van der Waals surface area contributed by atoms with Crippen LogP contribution in [-0.2, 0) is 0 Å². The normalized spacial score (nSPS) is 31.0. The van der Waals surface area contributed by atoms with Crippen molar-refractivity contribution in [3.8, 4) is 0 Å². The van der Waals surface area contributed by atoms with Crippen LogP contribution in [0.1, 0.15) is 78.6 Å². The molecule has 1 saturated carbocycles. The molecule has 0 aromatic rings. The molecular weight excluding hydrogens is 242 g/mol. The van der Waals surface area contributed by atoms with Gasteiger partial charge >= 0.3 is 0 Å². The molecule has 118 valence electrons. The zero-order valence-electron chi connectivity index (χ0n) is 14.1. The Morgan fingerprint density at radius 1 is 0.950 bits per heavy atom. The van der Waals surface area contributed by atoms with Crippen molar-refractivity contribution in [1.29, 1.82) is 0 Å². The molecule has 0 aliphatic heterocycles. The Morgan fingerprint density at radius 2 is 1.60 bits per heavy atom. The van der Waals surface area contributed by atoms with Gasteiger partial charge in [-0.3, -0.25) is 0 Å². The fourth-order valence-corrected chi connectivity index (χ4v) is 4.31. The largest absolute Gasteiger partial charge is 0.330 e. The van der Waals surface area contributed by atoms with E-state index in [2.05, 4.69) is 32.9 Å². The van der Waals surface area contributed by atoms with E-state index in [1.54, 1.807) is 0 Å². The number of nitrogens with two attached hydrogens (primary N) is 1. The Labute approximate surface area is 127 Å². The summed E-state index contributed by atoms with van der Waals surface area (Å²) in [5.74, 6) is 3.60. The molecule has 0 aromatic carbocycles. The molecule has 0 heterocycles. The fourth-order valence-electron chi connectivity index (χ4n) is 4.31. The van der Waals surface area contributed by atoms with E-state index < -0.39 is 0 Å². The zero-order valence-corrected chi connectivity index (χ0v) is 14.1. The molecule has 1 heteroatoms. The summed E-state index contributed by atoms with van der Waals surface area (Å²) >= 11 is 0. The van der Waals surface area contributed by atoms with Crippen molar-refractivity contribution in [3.05, 3.63) is 12.2 Å². The van der Waals surface area contributed by atoms with Gasteiger partial charge in [-0.1, -0.05) is 58.6 Å². The smallest absolute Gasteiger partial charge is 0.00772 e. The SMILES string of the molecule is CCC=CC1C(CCC)CCC(CCC)C1CCCN. The maximum atomic E-state index is 5.79. The lowest BCUT2D eigenvalue weighted by molar-refractivity contribution is 0.0994. The Kier molecular flexibility index (Phi) is 9.26. The van der Waals surface area contributed by atoms with Gasteiger partial charge in [0.1, 0.15) is 0 Å². The lowest BCUT2D eigenvalue weighted by Gasteiger charge is -2.42. The molecule has 0 spiro atoms. The zero-order chi connectivity index (χ0) is 14.8. The van der Waals surface area contributed by atoms with Gasteiger partial charge in [-0.25, -0.2) is 0 Å². The molecule has 4 atom stereocenters. The summed E-state index contributed by atoms with van der Waals surface area (Å²) in [4.78, 5) is 0. The third kappa shape index (κ3) is 5.24. The van der Waals surface area contributed by atoms with Crippen LogP contribution < -0.4 is 5.73 Å². The Hall–Kier alpha value is -0.300. The first-order chi connectivity index (χ1) is 9.78. The minimum atomic E-state index is 0.826. The van der Waals surface area contributed by atoms with E-state index >= 15 is 0 Å². The minimum Gasteiger partial charge on any atom is -0.330 e. The summed E-state index contributed by atoms with van der Waals surface area (Å²) in [5, 5.41) is 0. The maximum Gasteiger partial charge on any atom is -0.00772 e. The topological polar surface area (TPSA) is 26.0 Å². The highest BCUT2D eigenvalue weighted by atomic mass is 14.5. The van der Waals surface area contributed by atoms with E-state index in [1.807, 2.05) is 0 Å². The number of rotatable bonds is 9. The first-order valence-corrected chi connectivity index (χ1v) is 9.15. The average Bonchev–Trinajstić information content (AvgIpc) is 2.46. The predicted octanol–water partition coefficient (Wildman–Crippen LogP) is 5.55. The van der Waals surface area contributed by atoms with Gasteiger partial charge in [0.05, 0.1) is 0 Å². The van der Waals surface area contributed by atoms with Crippen molar-refractivity contribution in [3.63, 3.8) is 0 Å². The van der Waals surface area contributed by atoms with Gasteiger partial charge in [0.2, 0.25) is 0 Å². The second-order valence-corrected chi connectivity index (χ2v) is 6.68. The van der Waals surface area contributed by atoms with Crippen molar-refractivity contribution >= 4 is 0 Å². The molecule has 20 heavy (non-hydrogen) atoms. The lowest BCUT2D eigenvalue weighted by Crippen LogP contribution is -2.34. The van der Waals surface area contributed by atoms with Gasteiger partial charge in [0.15, 0.2) is 0 Å². The van der Waals surface area contributed by atoms with Crippen LogP contribution >= 0.6 is 0 Å². The molecule has 2 N–H and O–H groups in total. The summed E-state index contributed by atoms with van der Waals surface area (Å²) < 4.78 is 0. The molecule has 0 saturated heterocycles. The summed E-state index contributed by atoms with van der Waals surface area (Å²) in [6.45, 7) is 7.80. The van der Waals surface area contributed by atoms with Gasteiger partial charge in [-0.2, -0.15) is 0 Å². The van der Waals surface area contributed by atoms with Gasteiger partial charge in [0.25, 0.3) is 0 Å². The van der Waals surface area contributed by atoms with Crippen molar-refractivity contribution in [2.75, 3.05) is 6.54 Å². The van der Waals surface area contributed by atoms with E-state index in [0.717, 1.165) is 30.2 Å². The van der Waals surface area contributed by atoms with Gasteiger partial charge < -0.3 is 5.73 Å². The first-order valence-electron chi connectivity index (χ1n) is 9.15. The molecule has 1 aliphatic rings. The number of hydrogen-bond acceptors (Lipinski definition) is 1. The highest BCUT2D eigenvalue weighted by Crippen LogP contribution is 2.45. The minimum absolute atomic E-state index is 0.826. The predicted molar refractivity (Wildman–Crippen MR) is 90.7 cm³/mol. The van der Waals surface area contributed by atoms with E-state index in [9.17, 15) is 0 Å². The van der Waals surface area contributed by atoms with E-state index in [4.69, 9.17) is 5.73 Å². The summed E-state index contributed by atoms with van der Waals surface area (Å²) in [7, 11) is 0. The molecule has 0 bridgehead atoms. The van der Waals surface area contributed by atoms with Crippen LogP contribution in [0.5, 0.6) is 0 Å². The van der Waals surface area contributed by atoms with Gasteiger partial charge in [-0.05, 0) is 62.3 Å². The van der Waals surface area contributed by atoms with E-state index in [1.165, 1.54) is 57.8 Å². The van der Waals surface area contributed by atoms with Crippen molar-refractivity contribution < 1.29 is 0 Å². The van der Waals surface area contributed by atoms with Gasteiger partial charge in [0, 0.05) is 0 Å². The van der Waals surface area contributed by atoms with E-state index in [0.29, 0.717) is 0 Å². The Morgan fingerprint density at radius 3 is 2.20 bits per heavy atom. The molecule has 0 aromatic heterocycles. The van der Waals surface area contributed by atoms with Gasteiger partial charge in [-0.15, -0.1) is 0 Å². The second-order valence-electron chi connectivity index (χ2n) is 6.68. The molecule has 1 nitrogen and oxygen atoms in total. The van der Waals surface area contributed by atoms with Crippen LogP contribution in [0, 0.1) is 23.7 Å². The lowest BCUT2D eigenvalue weighted by atomic mass is 9.63. The molecule has 4 unspecified atom stereocenters. The van der Waals surface area contributed by atoms with Crippen LogP contribution in [0.3, 0.4) is 0 Å². The maximum absolute atomic E-state index is 5.79. The van der Waals surface area contributed by atoms with Crippen LogP contribution in [0.15, 0.2) is 12.2 Å². The van der Waals surface area contributed by atoms with E-state index in [-0.39, 0.29) is 0 Å². The quantitative estimate of drug-likeness (QED) is 0.550. The molecule has 1 fully saturated rings. The highest BCUT2D eigenvalue weighted by Gasteiger charge is 2.36. The third-order valence-corrected chi connectivity index (χ3v) is 5.21. The van der Waals surface area contributed by atoms with Crippen molar-refractivity contribution in [1.82, 2.24) is 0 Å².